The van der Waals surface area contributed by atoms with Crippen LogP contribution in [-0.2, 0) is 0 Å². The maximum atomic E-state index is 13.7. The Kier molecular flexibility index (Phi) is 5.75. The molecule has 0 spiro atoms. The third-order valence-corrected chi connectivity index (χ3v) is 4.83. The largest absolute Gasteiger partial charge is 0.505 e. The van der Waals surface area contributed by atoms with Crippen LogP contribution >= 0.6 is 0 Å². The first-order chi connectivity index (χ1) is 14.6. The van der Waals surface area contributed by atoms with Crippen LogP contribution in [0.5, 0.6) is 11.5 Å². The first-order valence-electron chi connectivity index (χ1n) is 9.59. The summed E-state index contributed by atoms with van der Waals surface area (Å²) in [7, 11) is 0. The van der Waals surface area contributed by atoms with Crippen molar-refractivity contribution in [1.29, 1.82) is 0 Å². The third kappa shape index (κ3) is 4.66. The lowest BCUT2D eigenvalue weighted by molar-refractivity contribution is 0.163. The van der Waals surface area contributed by atoms with Crippen LogP contribution < -0.4 is 9.64 Å². The quantitative estimate of drug-likeness (QED) is 0.668. The molecule has 1 aliphatic heterocycles. The number of hydrogen-bond donors (Lipinski definition) is 1. The fourth-order valence-electron chi connectivity index (χ4n) is 3.20. The van der Waals surface area contributed by atoms with Crippen LogP contribution in [-0.4, -0.2) is 34.5 Å². The Morgan fingerprint density at radius 2 is 1.73 bits per heavy atom. The van der Waals surface area contributed by atoms with Gasteiger partial charge in [-0.1, -0.05) is 18.1 Å². The van der Waals surface area contributed by atoms with E-state index in [9.17, 15) is 13.9 Å². The van der Waals surface area contributed by atoms with Crippen LogP contribution in [0.15, 0.2) is 54.6 Å². The molecule has 2 aromatic carbocycles. The van der Waals surface area contributed by atoms with E-state index in [1.54, 1.807) is 24.3 Å². The molecule has 152 valence electrons. The summed E-state index contributed by atoms with van der Waals surface area (Å²) in [6.07, 6.45) is 1.47. The molecule has 5 nitrogen and oxygen atoms in total. The van der Waals surface area contributed by atoms with Gasteiger partial charge in [-0.2, -0.15) is 0 Å². The van der Waals surface area contributed by atoms with Crippen LogP contribution in [0.25, 0.3) is 0 Å². The van der Waals surface area contributed by atoms with Gasteiger partial charge >= 0.3 is 0 Å². The van der Waals surface area contributed by atoms with E-state index in [1.807, 2.05) is 6.07 Å². The smallest absolute Gasteiger partial charge is 0.166 e. The number of nitrogens with zero attached hydrogens (tertiary/aromatic N) is 3. The van der Waals surface area contributed by atoms with Gasteiger partial charge in [-0.25, -0.2) is 8.78 Å². The summed E-state index contributed by atoms with van der Waals surface area (Å²) in [6, 6.07) is 14.0. The van der Waals surface area contributed by atoms with Gasteiger partial charge in [-0.15, -0.1) is 10.2 Å². The normalized spacial score (nSPS) is 14.1. The Balaban J connectivity index is 1.34. The molecule has 3 aromatic rings. The van der Waals surface area contributed by atoms with Crippen molar-refractivity contribution in [3.05, 3.63) is 77.5 Å². The van der Waals surface area contributed by atoms with E-state index in [0.29, 0.717) is 11.3 Å². The average molecular weight is 407 g/mol. The third-order valence-electron chi connectivity index (χ3n) is 4.83. The summed E-state index contributed by atoms with van der Waals surface area (Å²) in [4.78, 5) is 2.10. The van der Waals surface area contributed by atoms with E-state index in [-0.39, 0.29) is 17.7 Å². The molecular formula is C23H19F2N3O2. The molecule has 4 rings (SSSR count). The zero-order chi connectivity index (χ0) is 20.9. The molecule has 0 atom stereocenters. The van der Waals surface area contributed by atoms with Crippen molar-refractivity contribution >= 4 is 5.82 Å². The van der Waals surface area contributed by atoms with Gasteiger partial charge in [0.05, 0.1) is 0 Å². The lowest BCUT2D eigenvalue weighted by atomic mass is 10.1. The molecule has 0 bridgehead atoms. The van der Waals surface area contributed by atoms with Crippen LogP contribution in [0.4, 0.5) is 14.6 Å². The number of anilines is 1. The standard InChI is InChI=1S/C23H19F2N3O2/c24-19-3-1-2-4-22(19)30-18-11-13-28(14-12-18)23-10-8-17(26-27-23)7-5-16-6-9-21(29)20(25)15-16/h1-4,6,8-10,15,18,29H,11-14H2. The molecule has 0 unspecified atom stereocenters. The number of para-hydroxylation sites is 1. The van der Waals surface area contributed by atoms with Crippen molar-refractivity contribution in [3.63, 3.8) is 0 Å². The van der Waals surface area contributed by atoms with Gasteiger partial charge in [-0.3, -0.25) is 0 Å². The molecule has 2 heterocycles. The van der Waals surface area contributed by atoms with Crippen LogP contribution in [0, 0.1) is 23.5 Å². The molecule has 1 saturated heterocycles. The monoisotopic (exact) mass is 407 g/mol. The van der Waals surface area contributed by atoms with Crippen molar-refractivity contribution in [1.82, 2.24) is 10.2 Å². The van der Waals surface area contributed by atoms with Crippen molar-refractivity contribution < 1.29 is 18.6 Å². The minimum Gasteiger partial charge on any atom is -0.505 e. The zero-order valence-corrected chi connectivity index (χ0v) is 16.1. The second kappa shape index (κ2) is 8.78. The summed E-state index contributed by atoms with van der Waals surface area (Å²) in [6.45, 7) is 1.46. The van der Waals surface area contributed by atoms with E-state index < -0.39 is 11.6 Å². The van der Waals surface area contributed by atoms with Gasteiger partial charge in [0, 0.05) is 31.5 Å². The number of piperidine rings is 1. The molecule has 1 fully saturated rings. The van der Waals surface area contributed by atoms with Crippen molar-refractivity contribution in [2.45, 2.75) is 18.9 Å². The van der Waals surface area contributed by atoms with Crippen LogP contribution in [0.2, 0.25) is 0 Å². The predicted molar refractivity (Wildman–Crippen MR) is 108 cm³/mol. The first-order valence-corrected chi connectivity index (χ1v) is 9.59. The number of rotatable bonds is 3. The van der Waals surface area contributed by atoms with Gasteiger partial charge in [0.2, 0.25) is 0 Å². The van der Waals surface area contributed by atoms with E-state index in [1.165, 1.54) is 18.2 Å². The SMILES string of the molecule is Oc1ccc(C#Cc2ccc(N3CCC(Oc4ccccc4F)CC3)nn2)cc1F. The minimum absolute atomic E-state index is 0.0399. The lowest BCUT2D eigenvalue weighted by Gasteiger charge is -2.32. The van der Waals surface area contributed by atoms with Gasteiger partial charge in [0.25, 0.3) is 0 Å². The molecule has 7 heteroatoms. The number of hydrogen-bond acceptors (Lipinski definition) is 5. The highest BCUT2D eigenvalue weighted by molar-refractivity contribution is 5.45. The van der Waals surface area contributed by atoms with Crippen molar-refractivity contribution in [2.75, 3.05) is 18.0 Å². The highest BCUT2D eigenvalue weighted by Gasteiger charge is 2.22. The van der Waals surface area contributed by atoms with E-state index in [0.717, 1.165) is 37.8 Å². The van der Waals surface area contributed by atoms with Crippen molar-refractivity contribution in [2.24, 2.45) is 0 Å². The Morgan fingerprint density at radius 3 is 2.43 bits per heavy atom. The number of aromatic nitrogens is 2. The molecule has 1 N–H and O–H groups in total. The highest BCUT2D eigenvalue weighted by Crippen LogP contribution is 2.23. The maximum Gasteiger partial charge on any atom is 0.166 e. The molecular weight excluding hydrogens is 388 g/mol. The number of benzene rings is 2. The second-order valence-electron chi connectivity index (χ2n) is 6.93. The van der Waals surface area contributed by atoms with Gasteiger partial charge < -0.3 is 14.7 Å². The predicted octanol–water partition coefficient (Wildman–Crippen LogP) is 3.91. The summed E-state index contributed by atoms with van der Waals surface area (Å²) < 4.78 is 32.9. The Morgan fingerprint density at radius 1 is 0.933 bits per heavy atom. The number of halogens is 2. The molecule has 0 radical (unpaired) electrons. The van der Waals surface area contributed by atoms with Crippen molar-refractivity contribution in [3.8, 4) is 23.3 Å². The highest BCUT2D eigenvalue weighted by atomic mass is 19.1. The van der Waals surface area contributed by atoms with Gasteiger partial charge in [-0.05, 0) is 48.4 Å². The minimum atomic E-state index is -0.717. The number of aromatic hydroxyl groups is 1. The summed E-state index contributed by atoms with van der Waals surface area (Å²) in [5.41, 5.74) is 0.901. The number of ether oxygens (including phenoxy) is 1. The average Bonchev–Trinajstić information content (AvgIpc) is 2.77. The van der Waals surface area contributed by atoms with Gasteiger partial charge in [0.15, 0.2) is 29.0 Å². The molecule has 1 aromatic heterocycles. The number of phenolic OH excluding ortho intramolecular Hbond substituents is 1. The Bertz CT molecular complexity index is 1090. The lowest BCUT2D eigenvalue weighted by Crippen LogP contribution is -2.38. The Labute approximate surface area is 173 Å². The maximum absolute atomic E-state index is 13.7. The summed E-state index contributed by atoms with van der Waals surface area (Å²) in [5, 5.41) is 17.6. The number of phenols is 1. The van der Waals surface area contributed by atoms with Gasteiger partial charge in [0.1, 0.15) is 11.8 Å². The fourth-order valence-corrected chi connectivity index (χ4v) is 3.20. The summed E-state index contributed by atoms with van der Waals surface area (Å²) in [5.74, 6) is 5.17. The van der Waals surface area contributed by atoms with E-state index >= 15 is 0 Å². The van der Waals surface area contributed by atoms with E-state index in [4.69, 9.17) is 4.74 Å². The van der Waals surface area contributed by atoms with E-state index in [2.05, 4.69) is 26.9 Å². The topological polar surface area (TPSA) is 58.5 Å². The molecule has 0 saturated carbocycles. The Hall–Kier alpha value is -3.66. The molecule has 0 aliphatic carbocycles. The first kappa shape index (κ1) is 19.6. The zero-order valence-electron chi connectivity index (χ0n) is 16.1. The fraction of sp³-hybridized carbons (Fsp3) is 0.217. The molecule has 0 amide bonds. The van der Waals surface area contributed by atoms with Crippen LogP contribution in [0.3, 0.4) is 0 Å². The van der Waals surface area contributed by atoms with Crippen LogP contribution in [0.1, 0.15) is 24.1 Å². The summed E-state index contributed by atoms with van der Waals surface area (Å²) >= 11 is 0. The molecule has 1 aliphatic rings. The molecule has 30 heavy (non-hydrogen) atoms. The second-order valence-corrected chi connectivity index (χ2v) is 6.93.